The van der Waals surface area contributed by atoms with Crippen LogP contribution >= 0.6 is 0 Å². The quantitative estimate of drug-likeness (QED) is 0.0970. The molecule has 0 spiro atoms. The molecule has 1 radical (unpaired) electrons. The molecule has 2 N–H and O–H groups in total. The number of aliphatic carboxylic acids is 1. The summed E-state index contributed by atoms with van der Waals surface area (Å²) in [4.78, 5) is 34.4. The second kappa shape index (κ2) is 20.7. The molecule has 0 aliphatic heterocycles. The van der Waals surface area contributed by atoms with Crippen molar-refractivity contribution in [1.82, 2.24) is 0 Å². The molecule has 3 aromatic carbocycles. The number of benzene rings is 3. The normalized spacial score (nSPS) is 13.1. The minimum absolute atomic E-state index is 0. The summed E-state index contributed by atoms with van der Waals surface area (Å²) in [5, 5.41) is 18.6. The van der Waals surface area contributed by atoms with Crippen LogP contribution in [0.25, 0.3) is 0 Å². The predicted octanol–water partition coefficient (Wildman–Crippen LogP) is 9.22. The Hall–Kier alpha value is -2.69. The molecular formula is C40H52AcO7. The fourth-order valence-electron chi connectivity index (χ4n) is 6.01. The van der Waals surface area contributed by atoms with Crippen LogP contribution in [-0.2, 0) is 36.9 Å². The fraction of sp³-hybridized carbons (Fsp3) is 0.475. The number of aromatic hydroxyl groups is 1. The van der Waals surface area contributed by atoms with Gasteiger partial charge in [0.1, 0.15) is 24.4 Å². The molecule has 3 unspecified atom stereocenters. The summed E-state index contributed by atoms with van der Waals surface area (Å²) in [7, 11) is 0. The van der Waals surface area contributed by atoms with E-state index < -0.39 is 24.0 Å². The van der Waals surface area contributed by atoms with Crippen LogP contribution in [0, 0.1) is 44.1 Å². The number of phenolic OH excluding ortho intramolecular Hbond substituents is 1. The van der Waals surface area contributed by atoms with Crippen molar-refractivity contribution in [1.29, 1.82) is 0 Å². The Balaban J connectivity index is 0.00000800. The van der Waals surface area contributed by atoms with E-state index in [2.05, 4.69) is 38.1 Å². The average molecular weight is 872 g/mol. The number of carbonyl (C=O) groups excluding carboxylic acids is 2. The van der Waals surface area contributed by atoms with Crippen LogP contribution < -0.4 is 0 Å². The van der Waals surface area contributed by atoms with E-state index in [1.165, 1.54) is 16.7 Å². The van der Waals surface area contributed by atoms with Gasteiger partial charge in [-0.1, -0.05) is 87.4 Å². The van der Waals surface area contributed by atoms with Crippen molar-refractivity contribution in [3.05, 3.63) is 101 Å². The van der Waals surface area contributed by atoms with Crippen LogP contribution in [0.5, 0.6) is 5.75 Å². The van der Waals surface area contributed by atoms with Crippen LogP contribution in [0.1, 0.15) is 132 Å². The summed E-state index contributed by atoms with van der Waals surface area (Å²) < 4.78 is 10.5. The zero-order chi connectivity index (χ0) is 34.4. The van der Waals surface area contributed by atoms with Crippen LogP contribution in [0.2, 0.25) is 0 Å². The minimum Gasteiger partial charge on any atom is -0.508 e. The number of phenols is 1. The molecule has 3 aromatic rings. The second-order valence-corrected chi connectivity index (χ2v) is 13.6. The van der Waals surface area contributed by atoms with Gasteiger partial charge in [-0.2, -0.15) is 0 Å². The molecule has 7 nitrogen and oxygen atoms in total. The molecule has 0 fully saturated rings. The van der Waals surface area contributed by atoms with E-state index >= 15 is 0 Å². The Bertz CT molecular complexity index is 1410. The Morgan fingerprint density at radius 2 is 1.21 bits per heavy atom. The molecule has 0 saturated heterocycles. The second-order valence-electron chi connectivity index (χ2n) is 13.6. The number of hydrogen-bond acceptors (Lipinski definition) is 6. The van der Waals surface area contributed by atoms with Gasteiger partial charge in [0.05, 0.1) is 6.42 Å². The summed E-state index contributed by atoms with van der Waals surface area (Å²) in [6, 6.07) is 24.0. The molecule has 0 amide bonds. The van der Waals surface area contributed by atoms with Crippen LogP contribution in [0.15, 0.2) is 72.8 Å². The van der Waals surface area contributed by atoms with Crippen molar-refractivity contribution in [2.24, 2.45) is 0 Å². The predicted molar refractivity (Wildman–Crippen MR) is 184 cm³/mol. The van der Waals surface area contributed by atoms with Crippen molar-refractivity contribution in [2.75, 3.05) is 0 Å². The number of ether oxygens (including phenoxy) is 2. The maximum absolute atomic E-state index is 12.2. The SMILES string of the molecule is CCC(CCCC(CCCC(C)c1ccc(COC(=O)CC(=O)O)cc1)c1ccc(O)cc1)c1ccc(CC(=O)OC(C)(C)C)cc1.[Ac]. The standard InChI is InChI=1S/C40H52O7.Ac/c1-6-31(34-19-13-29(14-20-34)25-39(45)47-40(3,4)5)10-8-12-33(35-21-23-36(41)24-22-35)11-7-9-28(2)32-17-15-30(16-18-32)27-46-38(44)26-37(42)43;/h13-24,28,31,33,41H,6-12,25-27H2,1-5H3,(H,42,43);. The molecule has 3 atom stereocenters. The van der Waals surface area contributed by atoms with Gasteiger partial charge in [0, 0.05) is 44.1 Å². The van der Waals surface area contributed by atoms with Crippen molar-refractivity contribution in [3.63, 3.8) is 0 Å². The van der Waals surface area contributed by atoms with E-state index in [1.54, 1.807) is 12.1 Å². The third kappa shape index (κ3) is 15.2. The van der Waals surface area contributed by atoms with Crippen molar-refractivity contribution in [3.8, 4) is 5.75 Å². The van der Waals surface area contributed by atoms with Gasteiger partial charge in [-0.05, 0) is 111 Å². The summed E-state index contributed by atoms with van der Waals surface area (Å²) in [5.74, 6) is -0.648. The van der Waals surface area contributed by atoms with E-state index in [1.807, 2.05) is 57.2 Å². The minimum atomic E-state index is -1.20. The number of hydrogen-bond donors (Lipinski definition) is 2. The molecule has 3 rings (SSSR count). The first-order chi connectivity index (χ1) is 22.3. The van der Waals surface area contributed by atoms with Gasteiger partial charge in [-0.3, -0.25) is 14.4 Å². The third-order valence-electron chi connectivity index (χ3n) is 8.62. The molecule has 0 aromatic heterocycles. The van der Waals surface area contributed by atoms with Gasteiger partial charge in [0.15, 0.2) is 0 Å². The van der Waals surface area contributed by atoms with E-state index in [-0.39, 0.29) is 68.8 Å². The van der Waals surface area contributed by atoms with Gasteiger partial charge in [0.2, 0.25) is 0 Å². The largest absolute Gasteiger partial charge is 0.508 e. The van der Waals surface area contributed by atoms with Gasteiger partial charge in [0.25, 0.3) is 0 Å². The van der Waals surface area contributed by atoms with Crippen molar-refractivity contribution in [2.45, 2.75) is 122 Å². The Labute approximate surface area is 322 Å². The zero-order valence-corrected chi connectivity index (χ0v) is 34.0. The van der Waals surface area contributed by atoms with Crippen LogP contribution in [-0.4, -0.2) is 33.7 Å². The van der Waals surface area contributed by atoms with Crippen molar-refractivity contribution < 1.29 is 78.1 Å². The average Bonchev–Trinajstić information content (AvgIpc) is 3.01. The van der Waals surface area contributed by atoms with Gasteiger partial charge in [-0.15, -0.1) is 0 Å². The molecule has 8 heteroatoms. The topological polar surface area (TPSA) is 110 Å². The zero-order valence-electron chi connectivity index (χ0n) is 29.2. The Kier molecular flexibility index (Phi) is 17.9. The third-order valence-corrected chi connectivity index (χ3v) is 8.62. The van der Waals surface area contributed by atoms with E-state index in [0.717, 1.165) is 56.1 Å². The number of rotatable bonds is 18. The number of esters is 2. The van der Waals surface area contributed by atoms with Crippen LogP contribution in [0.3, 0.4) is 0 Å². The van der Waals surface area contributed by atoms with Gasteiger partial charge in [-0.25, -0.2) is 0 Å². The maximum atomic E-state index is 12.2. The Morgan fingerprint density at radius 3 is 1.77 bits per heavy atom. The molecule has 0 aliphatic carbocycles. The summed E-state index contributed by atoms with van der Waals surface area (Å²) in [5.41, 5.74) is 5.09. The Morgan fingerprint density at radius 1 is 0.708 bits per heavy atom. The molecule has 0 heterocycles. The summed E-state index contributed by atoms with van der Waals surface area (Å²) >= 11 is 0. The molecule has 48 heavy (non-hydrogen) atoms. The van der Waals surface area contributed by atoms with E-state index in [9.17, 15) is 19.5 Å². The number of carboxylic acid groups (broad SMARTS) is 1. The first-order valence-corrected chi connectivity index (χ1v) is 16.9. The molecular weight excluding hydrogens is 819 g/mol. The first kappa shape index (κ1) is 41.5. The molecule has 0 saturated carbocycles. The van der Waals surface area contributed by atoms with E-state index in [4.69, 9.17) is 14.6 Å². The van der Waals surface area contributed by atoms with Gasteiger partial charge >= 0.3 is 17.9 Å². The first-order valence-electron chi connectivity index (χ1n) is 16.9. The molecule has 257 valence electrons. The summed E-state index contributed by atoms with van der Waals surface area (Å²) in [6.45, 7) is 10.2. The van der Waals surface area contributed by atoms with Crippen LogP contribution in [0.4, 0.5) is 0 Å². The van der Waals surface area contributed by atoms with Gasteiger partial charge < -0.3 is 19.7 Å². The van der Waals surface area contributed by atoms with Crippen molar-refractivity contribution >= 4 is 17.9 Å². The number of carbonyl (C=O) groups is 3. The number of carboxylic acids is 1. The smallest absolute Gasteiger partial charge is 0.317 e. The maximum Gasteiger partial charge on any atom is 0.317 e. The fourth-order valence-corrected chi connectivity index (χ4v) is 6.01. The van der Waals surface area contributed by atoms with E-state index in [0.29, 0.717) is 17.8 Å². The summed E-state index contributed by atoms with van der Waals surface area (Å²) in [6.07, 6.45) is 7.11. The molecule has 0 bridgehead atoms. The molecule has 0 aliphatic rings. The monoisotopic (exact) mass is 871 g/mol.